The summed E-state index contributed by atoms with van der Waals surface area (Å²) >= 11 is 1.59. The minimum Gasteiger partial charge on any atom is -0.350 e. The molecule has 4 nitrogen and oxygen atoms in total. The van der Waals surface area contributed by atoms with Gasteiger partial charge >= 0.3 is 0 Å². The van der Waals surface area contributed by atoms with Crippen LogP contribution in [0, 0.1) is 6.92 Å². The van der Waals surface area contributed by atoms with E-state index in [0.717, 1.165) is 11.3 Å². The van der Waals surface area contributed by atoms with Gasteiger partial charge in [-0.15, -0.1) is 11.8 Å². The van der Waals surface area contributed by atoms with Gasteiger partial charge in [-0.05, 0) is 45.2 Å². The Balaban J connectivity index is 2.14. The van der Waals surface area contributed by atoms with Crippen molar-refractivity contribution in [2.45, 2.75) is 64.9 Å². The van der Waals surface area contributed by atoms with Crippen LogP contribution >= 0.6 is 11.8 Å². The number of carbonyl (C=O) groups excluding carboxylic acids is 2. The monoisotopic (exact) mass is 426 g/mol. The van der Waals surface area contributed by atoms with Crippen molar-refractivity contribution in [2.75, 3.05) is 5.75 Å². The van der Waals surface area contributed by atoms with Crippen LogP contribution in [0.5, 0.6) is 0 Å². The summed E-state index contributed by atoms with van der Waals surface area (Å²) in [5.41, 5.74) is 3.06. The van der Waals surface area contributed by atoms with Crippen molar-refractivity contribution in [1.29, 1.82) is 0 Å². The molecule has 0 fully saturated rings. The van der Waals surface area contributed by atoms with Gasteiger partial charge in [-0.2, -0.15) is 0 Å². The Kier molecular flexibility index (Phi) is 8.97. The standard InChI is InChI=1S/C25H34N2O2S/c1-6-22(24(29)26-25(3,4)5)27(16-20-14-12-19(2)13-15-20)23(28)18-30-17-21-10-8-7-9-11-21/h7-15,22H,6,16-18H2,1-5H3,(H,26,29)/t22-/m0/s1. The van der Waals surface area contributed by atoms with Gasteiger partial charge in [0.2, 0.25) is 11.8 Å². The number of rotatable bonds is 9. The second kappa shape index (κ2) is 11.2. The summed E-state index contributed by atoms with van der Waals surface area (Å²) in [7, 11) is 0. The molecular weight excluding hydrogens is 392 g/mol. The van der Waals surface area contributed by atoms with Crippen LogP contribution in [0.15, 0.2) is 54.6 Å². The molecule has 0 aliphatic carbocycles. The zero-order valence-corrected chi connectivity index (χ0v) is 19.6. The molecule has 2 aromatic rings. The maximum absolute atomic E-state index is 13.2. The molecule has 0 spiro atoms. The lowest BCUT2D eigenvalue weighted by Crippen LogP contribution is -2.53. The van der Waals surface area contributed by atoms with Crippen LogP contribution in [0.4, 0.5) is 0 Å². The van der Waals surface area contributed by atoms with Crippen LogP contribution in [0.3, 0.4) is 0 Å². The van der Waals surface area contributed by atoms with Crippen LogP contribution in [-0.2, 0) is 21.9 Å². The normalized spacial score (nSPS) is 12.3. The fraction of sp³-hybridized carbons (Fsp3) is 0.440. The first kappa shape index (κ1) is 24.0. The molecular formula is C25H34N2O2S. The van der Waals surface area contributed by atoms with Crippen molar-refractivity contribution in [3.8, 4) is 0 Å². The SMILES string of the molecule is CC[C@@H](C(=O)NC(C)(C)C)N(Cc1ccc(C)cc1)C(=O)CSCc1ccccc1. The lowest BCUT2D eigenvalue weighted by atomic mass is 10.1. The highest BCUT2D eigenvalue weighted by Crippen LogP contribution is 2.18. The average Bonchev–Trinajstić information content (AvgIpc) is 2.68. The third-order valence-electron chi connectivity index (χ3n) is 4.69. The summed E-state index contributed by atoms with van der Waals surface area (Å²) < 4.78 is 0. The second-order valence-electron chi connectivity index (χ2n) is 8.65. The predicted octanol–water partition coefficient (Wildman–Crippen LogP) is 4.95. The molecule has 0 aliphatic rings. The Morgan fingerprint density at radius 2 is 1.63 bits per heavy atom. The quantitative estimate of drug-likeness (QED) is 0.617. The number of carbonyl (C=O) groups is 2. The van der Waals surface area contributed by atoms with Gasteiger partial charge in [-0.25, -0.2) is 0 Å². The Morgan fingerprint density at radius 3 is 2.20 bits per heavy atom. The fourth-order valence-corrected chi connectivity index (χ4v) is 4.05. The van der Waals surface area contributed by atoms with E-state index in [-0.39, 0.29) is 17.4 Å². The molecule has 2 rings (SSSR count). The number of amides is 2. The molecule has 2 aromatic carbocycles. The molecule has 0 bridgehead atoms. The van der Waals surface area contributed by atoms with Gasteiger partial charge in [0.15, 0.2) is 0 Å². The van der Waals surface area contributed by atoms with E-state index in [1.54, 1.807) is 16.7 Å². The number of nitrogens with zero attached hydrogens (tertiary/aromatic N) is 1. The average molecular weight is 427 g/mol. The summed E-state index contributed by atoms with van der Waals surface area (Å²) in [6.07, 6.45) is 0.572. The van der Waals surface area contributed by atoms with Crippen molar-refractivity contribution in [1.82, 2.24) is 10.2 Å². The molecule has 1 atom stereocenters. The molecule has 0 radical (unpaired) electrons. The van der Waals surface area contributed by atoms with E-state index in [0.29, 0.717) is 18.7 Å². The highest BCUT2D eigenvalue weighted by atomic mass is 32.2. The number of hydrogen-bond acceptors (Lipinski definition) is 3. The Bertz CT molecular complexity index is 813. The van der Waals surface area contributed by atoms with Crippen molar-refractivity contribution in [3.63, 3.8) is 0 Å². The Hall–Kier alpha value is -2.27. The zero-order chi connectivity index (χ0) is 22.1. The lowest BCUT2D eigenvalue weighted by Gasteiger charge is -2.33. The summed E-state index contributed by atoms with van der Waals surface area (Å²) in [6, 6.07) is 17.8. The third-order valence-corrected chi connectivity index (χ3v) is 5.68. The first-order chi connectivity index (χ1) is 14.2. The van der Waals surface area contributed by atoms with E-state index in [1.807, 2.05) is 77.1 Å². The van der Waals surface area contributed by atoms with Gasteiger partial charge in [0.25, 0.3) is 0 Å². The van der Waals surface area contributed by atoms with Gasteiger partial charge in [0.05, 0.1) is 5.75 Å². The summed E-state index contributed by atoms with van der Waals surface area (Å²) in [5.74, 6) is 1.02. The molecule has 0 heterocycles. The predicted molar refractivity (Wildman–Crippen MR) is 126 cm³/mol. The fourth-order valence-electron chi connectivity index (χ4n) is 3.18. The number of aryl methyl sites for hydroxylation is 1. The van der Waals surface area contributed by atoms with Crippen LogP contribution in [0.2, 0.25) is 0 Å². The van der Waals surface area contributed by atoms with E-state index in [2.05, 4.69) is 17.4 Å². The van der Waals surface area contributed by atoms with E-state index in [1.165, 1.54) is 11.1 Å². The highest BCUT2D eigenvalue weighted by Gasteiger charge is 2.30. The largest absolute Gasteiger partial charge is 0.350 e. The molecule has 1 N–H and O–H groups in total. The summed E-state index contributed by atoms with van der Waals surface area (Å²) in [6.45, 7) is 10.3. The maximum atomic E-state index is 13.2. The molecule has 30 heavy (non-hydrogen) atoms. The number of benzene rings is 2. The van der Waals surface area contributed by atoms with Crippen molar-refractivity contribution >= 4 is 23.6 Å². The molecule has 0 saturated heterocycles. The highest BCUT2D eigenvalue weighted by molar-refractivity contribution is 7.99. The van der Waals surface area contributed by atoms with Crippen LogP contribution in [0.25, 0.3) is 0 Å². The van der Waals surface area contributed by atoms with E-state index in [4.69, 9.17) is 0 Å². The first-order valence-corrected chi connectivity index (χ1v) is 11.6. The zero-order valence-electron chi connectivity index (χ0n) is 18.8. The van der Waals surface area contributed by atoms with Crippen LogP contribution in [-0.4, -0.2) is 34.0 Å². The Morgan fingerprint density at radius 1 is 1.00 bits per heavy atom. The van der Waals surface area contributed by atoms with Gasteiger partial charge in [0, 0.05) is 17.8 Å². The lowest BCUT2D eigenvalue weighted by molar-refractivity contribution is -0.140. The first-order valence-electron chi connectivity index (χ1n) is 10.5. The minimum atomic E-state index is -0.490. The molecule has 5 heteroatoms. The van der Waals surface area contributed by atoms with Gasteiger partial charge in [0.1, 0.15) is 6.04 Å². The van der Waals surface area contributed by atoms with Gasteiger partial charge < -0.3 is 10.2 Å². The molecule has 0 aliphatic heterocycles. The molecule has 0 unspecified atom stereocenters. The van der Waals surface area contributed by atoms with Crippen molar-refractivity contribution in [2.24, 2.45) is 0 Å². The van der Waals surface area contributed by atoms with Gasteiger partial charge in [-0.3, -0.25) is 9.59 Å². The smallest absolute Gasteiger partial charge is 0.243 e. The Labute approximate surface area is 185 Å². The summed E-state index contributed by atoms with van der Waals surface area (Å²) in [4.78, 5) is 27.9. The molecule has 162 valence electrons. The second-order valence-corrected chi connectivity index (χ2v) is 9.63. The van der Waals surface area contributed by atoms with E-state index in [9.17, 15) is 9.59 Å². The number of hydrogen-bond donors (Lipinski definition) is 1. The third kappa shape index (κ3) is 7.86. The van der Waals surface area contributed by atoms with Crippen LogP contribution < -0.4 is 5.32 Å². The van der Waals surface area contributed by atoms with Crippen molar-refractivity contribution < 1.29 is 9.59 Å². The molecule has 2 amide bonds. The summed E-state index contributed by atoms with van der Waals surface area (Å²) in [5, 5.41) is 3.04. The topological polar surface area (TPSA) is 49.4 Å². The number of nitrogens with one attached hydrogen (secondary N) is 1. The van der Waals surface area contributed by atoms with Gasteiger partial charge in [-0.1, -0.05) is 67.1 Å². The minimum absolute atomic E-state index is 0.00702. The molecule has 0 aromatic heterocycles. The number of thioether (sulfide) groups is 1. The van der Waals surface area contributed by atoms with E-state index < -0.39 is 6.04 Å². The maximum Gasteiger partial charge on any atom is 0.243 e. The van der Waals surface area contributed by atoms with Crippen molar-refractivity contribution in [3.05, 3.63) is 71.3 Å². The molecule has 0 saturated carbocycles. The van der Waals surface area contributed by atoms with E-state index >= 15 is 0 Å². The van der Waals surface area contributed by atoms with Crippen LogP contribution in [0.1, 0.15) is 50.8 Å².